The minimum absolute atomic E-state index is 0.0755. The topological polar surface area (TPSA) is 60.3 Å². The standard InChI is InChI=1S/C39H45NO4Si/c1-45(2,3)26-16-25-36(40-27-32-17-8-4-9-18-32)38(43-29-34-21-12-6-13-22-34)39(44-30-35-23-14-7-15-24-35)37(41)31-42-28-33-19-10-5-11-20-33/h4-15,17-24,37-39,41H,25,27-31H2,1-3H3/t37-,38-,39-/m0/s1. The predicted molar refractivity (Wildman–Crippen MR) is 185 cm³/mol. The average Bonchev–Trinajstić information content (AvgIpc) is 3.06. The van der Waals surface area contributed by atoms with Crippen LogP contribution in [-0.2, 0) is 40.6 Å². The molecule has 0 aliphatic rings. The maximum atomic E-state index is 11.7. The molecule has 4 aromatic carbocycles. The van der Waals surface area contributed by atoms with Gasteiger partial charge < -0.3 is 19.3 Å². The van der Waals surface area contributed by atoms with Crippen molar-refractivity contribution in [1.29, 1.82) is 0 Å². The highest BCUT2D eigenvalue weighted by Gasteiger charge is 2.34. The molecule has 0 aliphatic carbocycles. The van der Waals surface area contributed by atoms with E-state index < -0.39 is 26.4 Å². The molecule has 0 aromatic heterocycles. The van der Waals surface area contributed by atoms with Crippen molar-refractivity contribution in [2.24, 2.45) is 4.99 Å². The zero-order valence-electron chi connectivity index (χ0n) is 26.6. The number of aliphatic hydroxyl groups excluding tert-OH is 1. The van der Waals surface area contributed by atoms with Crippen molar-refractivity contribution >= 4 is 13.8 Å². The fraction of sp³-hybridized carbons (Fsp3) is 0.308. The summed E-state index contributed by atoms with van der Waals surface area (Å²) < 4.78 is 19.2. The normalized spacial score (nSPS) is 13.8. The molecular weight excluding hydrogens is 575 g/mol. The van der Waals surface area contributed by atoms with Gasteiger partial charge in [0.15, 0.2) is 0 Å². The van der Waals surface area contributed by atoms with Crippen LogP contribution in [0.25, 0.3) is 0 Å². The van der Waals surface area contributed by atoms with Gasteiger partial charge in [0.1, 0.15) is 26.4 Å². The molecule has 0 heterocycles. The molecule has 0 spiro atoms. The van der Waals surface area contributed by atoms with Gasteiger partial charge in [0.05, 0.1) is 38.7 Å². The highest BCUT2D eigenvalue weighted by molar-refractivity contribution is 6.83. The Kier molecular flexibility index (Phi) is 13.8. The summed E-state index contributed by atoms with van der Waals surface area (Å²) in [4.78, 5) is 5.08. The number of aliphatic hydroxyl groups is 1. The van der Waals surface area contributed by atoms with Crippen molar-refractivity contribution in [3.8, 4) is 11.5 Å². The first-order valence-electron chi connectivity index (χ1n) is 15.6. The highest BCUT2D eigenvalue weighted by atomic mass is 28.3. The molecule has 6 heteroatoms. The molecule has 0 saturated heterocycles. The van der Waals surface area contributed by atoms with Crippen LogP contribution in [0.2, 0.25) is 19.6 Å². The summed E-state index contributed by atoms with van der Waals surface area (Å²) in [5, 5.41) is 11.7. The maximum Gasteiger partial charge on any atom is 0.129 e. The second kappa shape index (κ2) is 18.2. The third-order valence-corrected chi connectivity index (χ3v) is 7.93. The number of aliphatic imine (C=N–C) groups is 1. The van der Waals surface area contributed by atoms with Gasteiger partial charge in [-0.25, -0.2) is 0 Å². The molecule has 0 radical (unpaired) electrons. The third-order valence-electron chi connectivity index (χ3n) is 7.00. The molecule has 1 N–H and O–H groups in total. The Balaban J connectivity index is 1.67. The van der Waals surface area contributed by atoms with E-state index >= 15 is 0 Å². The molecule has 5 nitrogen and oxygen atoms in total. The largest absolute Gasteiger partial charge is 0.388 e. The lowest BCUT2D eigenvalue weighted by Crippen LogP contribution is -2.47. The van der Waals surface area contributed by atoms with E-state index in [1.165, 1.54) is 0 Å². The number of hydrogen-bond donors (Lipinski definition) is 1. The number of ether oxygens (including phenoxy) is 3. The molecule has 3 atom stereocenters. The molecule has 0 unspecified atom stereocenters. The average molecular weight is 620 g/mol. The van der Waals surface area contributed by atoms with E-state index in [0.717, 1.165) is 28.0 Å². The summed E-state index contributed by atoms with van der Waals surface area (Å²) in [6.45, 7) is 8.25. The summed E-state index contributed by atoms with van der Waals surface area (Å²) in [5.74, 6) is 3.41. The first kappa shape index (κ1) is 34.0. The number of hydrogen-bond acceptors (Lipinski definition) is 5. The molecule has 0 aliphatic heterocycles. The van der Waals surface area contributed by atoms with Crippen molar-refractivity contribution < 1.29 is 19.3 Å². The molecule has 4 rings (SSSR count). The second-order valence-corrected chi connectivity index (χ2v) is 16.8. The molecule has 45 heavy (non-hydrogen) atoms. The summed E-state index contributed by atoms with van der Waals surface area (Å²) >= 11 is 0. The monoisotopic (exact) mass is 619 g/mol. The van der Waals surface area contributed by atoms with Crippen molar-refractivity contribution in [2.75, 3.05) is 6.61 Å². The van der Waals surface area contributed by atoms with Crippen molar-refractivity contribution in [3.63, 3.8) is 0 Å². The first-order chi connectivity index (χ1) is 21.9. The van der Waals surface area contributed by atoms with E-state index in [0.29, 0.717) is 32.8 Å². The Labute approximate surface area is 269 Å². The van der Waals surface area contributed by atoms with Crippen LogP contribution in [0.4, 0.5) is 0 Å². The van der Waals surface area contributed by atoms with Gasteiger partial charge in [-0.05, 0) is 22.3 Å². The van der Waals surface area contributed by atoms with Crippen LogP contribution in [0.1, 0.15) is 28.7 Å². The molecule has 234 valence electrons. The summed E-state index contributed by atoms with van der Waals surface area (Å²) in [6, 6.07) is 40.1. The van der Waals surface area contributed by atoms with E-state index in [4.69, 9.17) is 19.2 Å². The smallest absolute Gasteiger partial charge is 0.129 e. The quantitative estimate of drug-likeness (QED) is 0.0795. The molecule has 0 bridgehead atoms. The van der Waals surface area contributed by atoms with Crippen molar-refractivity contribution in [1.82, 2.24) is 0 Å². The Morgan fingerprint density at radius 2 is 1.13 bits per heavy atom. The zero-order valence-corrected chi connectivity index (χ0v) is 27.6. The lowest BCUT2D eigenvalue weighted by molar-refractivity contribution is -0.128. The van der Waals surface area contributed by atoms with Gasteiger partial charge in [0.2, 0.25) is 0 Å². The minimum Gasteiger partial charge on any atom is -0.388 e. The van der Waals surface area contributed by atoms with Gasteiger partial charge in [-0.15, -0.1) is 11.5 Å². The number of nitrogens with zero attached hydrogens (tertiary/aromatic N) is 1. The van der Waals surface area contributed by atoms with E-state index in [1.54, 1.807) is 0 Å². The zero-order chi connectivity index (χ0) is 31.7. The summed E-state index contributed by atoms with van der Waals surface area (Å²) in [5.41, 5.74) is 8.38. The van der Waals surface area contributed by atoms with Crippen molar-refractivity contribution in [3.05, 3.63) is 144 Å². The lowest BCUT2D eigenvalue weighted by atomic mass is 10.0. The number of benzene rings is 4. The molecule has 0 fully saturated rings. The van der Waals surface area contributed by atoms with Crippen LogP contribution in [0.5, 0.6) is 0 Å². The number of rotatable bonds is 16. The Morgan fingerprint density at radius 1 is 0.667 bits per heavy atom. The fourth-order valence-electron chi connectivity index (χ4n) is 4.70. The maximum absolute atomic E-state index is 11.7. The Morgan fingerprint density at radius 3 is 1.64 bits per heavy atom. The van der Waals surface area contributed by atoms with Gasteiger partial charge in [0, 0.05) is 6.42 Å². The van der Waals surface area contributed by atoms with E-state index in [9.17, 15) is 5.11 Å². The molecule has 4 aromatic rings. The lowest BCUT2D eigenvalue weighted by Gasteiger charge is -2.32. The summed E-state index contributed by atoms with van der Waals surface area (Å²) in [7, 11) is -1.63. The van der Waals surface area contributed by atoms with Crippen molar-refractivity contribution in [2.45, 2.75) is 70.7 Å². The first-order valence-corrected chi connectivity index (χ1v) is 19.1. The predicted octanol–water partition coefficient (Wildman–Crippen LogP) is 7.65. The van der Waals surface area contributed by atoms with Crippen LogP contribution in [-0.4, -0.2) is 43.8 Å². The van der Waals surface area contributed by atoms with E-state index in [-0.39, 0.29) is 6.61 Å². The Hall–Kier alpha value is -3.83. The minimum atomic E-state index is -1.63. The fourth-order valence-corrected chi connectivity index (χ4v) is 5.32. The third kappa shape index (κ3) is 12.6. The van der Waals surface area contributed by atoms with E-state index in [1.807, 2.05) is 109 Å². The van der Waals surface area contributed by atoms with Crippen LogP contribution < -0.4 is 0 Å². The SMILES string of the molecule is C[Si](C)(C)C#CCC(=NCc1ccccc1)[C@H](OCc1ccccc1)[C@@H](OCc1ccccc1)[C@@H](O)COCc1ccccc1. The second-order valence-electron chi connectivity index (χ2n) is 12.1. The van der Waals surface area contributed by atoms with Gasteiger partial charge in [-0.3, -0.25) is 4.99 Å². The van der Waals surface area contributed by atoms with Crippen LogP contribution >= 0.6 is 0 Å². The Bertz CT molecular complexity index is 1480. The van der Waals surface area contributed by atoms with Crippen LogP contribution in [0.15, 0.2) is 126 Å². The highest BCUT2D eigenvalue weighted by Crippen LogP contribution is 2.20. The molecule has 0 amide bonds. The van der Waals surface area contributed by atoms with Gasteiger partial charge >= 0.3 is 0 Å². The van der Waals surface area contributed by atoms with Crippen LogP contribution in [0.3, 0.4) is 0 Å². The van der Waals surface area contributed by atoms with Crippen LogP contribution in [0, 0.1) is 11.5 Å². The van der Waals surface area contributed by atoms with Gasteiger partial charge in [-0.1, -0.05) is 141 Å². The molecular formula is C39H45NO4Si. The van der Waals surface area contributed by atoms with E-state index in [2.05, 4.69) is 43.2 Å². The summed E-state index contributed by atoms with van der Waals surface area (Å²) in [6.07, 6.45) is -1.99. The van der Waals surface area contributed by atoms with Gasteiger partial charge in [-0.2, -0.15) is 0 Å². The molecule has 0 saturated carbocycles. The van der Waals surface area contributed by atoms with Gasteiger partial charge in [0.25, 0.3) is 0 Å².